The molecule has 15 heavy (non-hydrogen) atoms. The van der Waals surface area contributed by atoms with Crippen molar-refractivity contribution in [1.29, 1.82) is 0 Å². The van der Waals surface area contributed by atoms with E-state index in [1.807, 2.05) is 37.3 Å². The van der Waals surface area contributed by atoms with Crippen LogP contribution in [0.4, 0.5) is 8.78 Å². The third-order valence-electron chi connectivity index (χ3n) is 2.17. The van der Waals surface area contributed by atoms with Gasteiger partial charge in [0.1, 0.15) is 0 Å². The topological polar surface area (TPSA) is 9.23 Å². The van der Waals surface area contributed by atoms with E-state index >= 15 is 0 Å². The second-order valence-electron chi connectivity index (χ2n) is 3.58. The Bertz CT molecular complexity index is 262. The number of benzene rings is 1. The van der Waals surface area contributed by atoms with Gasteiger partial charge in [-0.3, -0.25) is 0 Å². The Morgan fingerprint density at radius 1 is 1.13 bits per heavy atom. The molecule has 0 aromatic heterocycles. The Hall–Kier alpha value is -0.960. The highest BCUT2D eigenvalue weighted by Gasteiger charge is 2.07. The van der Waals surface area contributed by atoms with Gasteiger partial charge in [-0.15, -0.1) is 0 Å². The molecule has 0 N–H and O–H groups in total. The minimum absolute atomic E-state index is 0.0873. The molecule has 0 saturated heterocycles. The Morgan fingerprint density at radius 3 is 2.40 bits per heavy atom. The fourth-order valence-electron chi connectivity index (χ4n) is 1.26. The molecule has 84 valence electrons. The molecule has 1 rings (SSSR count). The van der Waals surface area contributed by atoms with Crippen LogP contribution in [0.1, 0.15) is 25.3 Å². The summed E-state index contributed by atoms with van der Waals surface area (Å²) in [6, 6.07) is 9.72. The van der Waals surface area contributed by atoms with Crippen molar-refractivity contribution >= 4 is 0 Å². The monoisotopic (exact) mass is 214 g/mol. The van der Waals surface area contributed by atoms with E-state index in [0.29, 0.717) is 13.0 Å². The molecule has 0 saturated carbocycles. The number of alkyl halides is 2. The summed E-state index contributed by atoms with van der Waals surface area (Å²) in [6.45, 7) is 2.32. The summed E-state index contributed by atoms with van der Waals surface area (Å²) >= 11 is 0. The zero-order chi connectivity index (χ0) is 11.1. The largest absolute Gasteiger partial charge is 0.374 e. The molecule has 0 fully saturated rings. The van der Waals surface area contributed by atoms with Crippen molar-refractivity contribution in [3.05, 3.63) is 35.9 Å². The second-order valence-corrected chi connectivity index (χ2v) is 3.58. The van der Waals surface area contributed by atoms with E-state index in [4.69, 9.17) is 4.74 Å². The lowest BCUT2D eigenvalue weighted by Crippen LogP contribution is -2.09. The van der Waals surface area contributed by atoms with Crippen LogP contribution in [-0.2, 0) is 11.3 Å². The van der Waals surface area contributed by atoms with Gasteiger partial charge in [0.2, 0.25) is 6.43 Å². The summed E-state index contributed by atoms with van der Waals surface area (Å²) in [6.07, 6.45) is -2.02. The number of hydrogen-bond donors (Lipinski definition) is 0. The summed E-state index contributed by atoms with van der Waals surface area (Å²) < 4.78 is 29.3. The fourth-order valence-corrected chi connectivity index (χ4v) is 1.26. The molecule has 0 aliphatic heterocycles. The van der Waals surface area contributed by atoms with Crippen LogP contribution >= 0.6 is 0 Å². The van der Waals surface area contributed by atoms with E-state index in [9.17, 15) is 8.78 Å². The van der Waals surface area contributed by atoms with Gasteiger partial charge in [0, 0.05) is 6.42 Å². The molecule has 0 aliphatic carbocycles. The molecule has 1 unspecified atom stereocenters. The van der Waals surface area contributed by atoms with Crippen molar-refractivity contribution in [2.24, 2.45) is 0 Å². The van der Waals surface area contributed by atoms with Crippen LogP contribution in [-0.4, -0.2) is 12.5 Å². The SMILES string of the molecule is CC(CCC(F)F)OCc1ccccc1. The van der Waals surface area contributed by atoms with Crippen LogP contribution in [0.15, 0.2) is 30.3 Å². The maximum absolute atomic E-state index is 11.9. The molecule has 3 heteroatoms. The van der Waals surface area contributed by atoms with Gasteiger partial charge >= 0.3 is 0 Å². The van der Waals surface area contributed by atoms with Crippen molar-refractivity contribution in [3.63, 3.8) is 0 Å². The number of rotatable bonds is 6. The number of hydrogen-bond acceptors (Lipinski definition) is 1. The molecule has 1 aromatic carbocycles. The molecular weight excluding hydrogens is 198 g/mol. The van der Waals surface area contributed by atoms with Crippen molar-refractivity contribution in [3.8, 4) is 0 Å². The minimum atomic E-state index is -2.23. The van der Waals surface area contributed by atoms with Gasteiger partial charge in [-0.2, -0.15) is 0 Å². The average Bonchev–Trinajstić information content (AvgIpc) is 2.25. The van der Waals surface area contributed by atoms with Crippen LogP contribution in [0.2, 0.25) is 0 Å². The lowest BCUT2D eigenvalue weighted by atomic mass is 10.2. The number of halogens is 2. The van der Waals surface area contributed by atoms with Crippen LogP contribution in [0.5, 0.6) is 0 Å². The standard InChI is InChI=1S/C12H16F2O/c1-10(7-8-12(13)14)15-9-11-5-3-2-4-6-11/h2-6,10,12H,7-9H2,1H3. The molecule has 0 radical (unpaired) electrons. The summed E-state index contributed by atoms with van der Waals surface area (Å²) in [5.74, 6) is 0. The third kappa shape index (κ3) is 5.47. The van der Waals surface area contributed by atoms with Crippen molar-refractivity contribution in [1.82, 2.24) is 0 Å². The van der Waals surface area contributed by atoms with Gasteiger partial charge in [0.15, 0.2) is 0 Å². The molecule has 0 spiro atoms. The van der Waals surface area contributed by atoms with Crippen LogP contribution < -0.4 is 0 Å². The molecule has 0 aliphatic rings. The van der Waals surface area contributed by atoms with E-state index in [1.165, 1.54) is 0 Å². The maximum atomic E-state index is 11.9. The lowest BCUT2D eigenvalue weighted by molar-refractivity contribution is 0.0307. The predicted molar refractivity (Wildman–Crippen MR) is 55.9 cm³/mol. The van der Waals surface area contributed by atoms with Gasteiger partial charge in [0.25, 0.3) is 0 Å². The highest BCUT2D eigenvalue weighted by atomic mass is 19.3. The molecular formula is C12H16F2O. The van der Waals surface area contributed by atoms with E-state index in [-0.39, 0.29) is 12.5 Å². The predicted octanol–water partition coefficient (Wildman–Crippen LogP) is 3.64. The average molecular weight is 214 g/mol. The minimum Gasteiger partial charge on any atom is -0.374 e. The molecule has 0 amide bonds. The summed E-state index contributed by atoms with van der Waals surface area (Å²) in [5, 5.41) is 0. The normalized spacial score (nSPS) is 13.1. The first-order valence-corrected chi connectivity index (χ1v) is 5.12. The lowest BCUT2D eigenvalue weighted by Gasteiger charge is -2.12. The van der Waals surface area contributed by atoms with Crippen LogP contribution in [0.3, 0.4) is 0 Å². The van der Waals surface area contributed by atoms with Crippen LogP contribution in [0, 0.1) is 0 Å². The van der Waals surface area contributed by atoms with Crippen molar-refractivity contribution in [2.45, 2.75) is 38.9 Å². The van der Waals surface area contributed by atoms with Crippen molar-refractivity contribution < 1.29 is 13.5 Å². The van der Waals surface area contributed by atoms with E-state index in [2.05, 4.69) is 0 Å². The Kier molecular flexibility index (Phi) is 5.26. The first-order valence-electron chi connectivity index (χ1n) is 5.12. The van der Waals surface area contributed by atoms with Gasteiger partial charge in [0.05, 0.1) is 12.7 Å². The Labute approximate surface area is 89.1 Å². The zero-order valence-corrected chi connectivity index (χ0v) is 8.83. The maximum Gasteiger partial charge on any atom is 0.238 e. The van der Waals surface area contributed by atoms with Crippen LogP contribution in [0.25, 0.3) is 0 Å². The molecule has 1 atom stereocenters. The van der Waals surface area contributed by atoms with E-state index < -0.39 is 6.43 Å². The highest BCUT2D eigenvalue weighted by molar-refractivity contribution is 5.13. The summed E-state index contributed by atoms with van der Waals surface area (Å²) in [7, 11) is 0. The first kappa shape index (κ1) is 12.1. The Morgan fingerprint density at radius 2 is 1.80 bits per heavy atom. The summed E-state index contributed by atoms with van der Waals surface area (Å²) in [4.78, 5) is 0. The van der Waals surface area contributed by atoms with Gasteiger partial charge in [-0.25, -0.2) is 8.78 Å². The fraction of sp³-hybridized carbons (Fsp3) is 0.500. The molecule has 1 aromatic rings. The molecule has 0 bridgehead atoms. The summed E-state index contributed by atoms with van der Waals surface area (Å²) in [5.41, 5.74) is 1.07. The Balaban J connectivity index is 2.19. The molecule has 1 nitrogen and oxygen atoms in total. The smallest absolute Gasteiger partial charge is 0.238 e. The third-order valence-corrected chi connectivity index (χ3v) is 2.17. The quantitative estimate of drug-likeness (QED) is 0.702. The van der Waals surface area contributed by atoms with Gasteiger partial charge in [-0.05, 0) is 18.9 Å². The van der Waals surface area contributed by atoms with Crippen molar-refractivity contribution in [2.75, 3.05) is 0 Å². The zero-order valence-electron chi connectivity index (χ0n) is 8.83. The number of ether oxygens (including phenoxy) is 1. The molecule has 0 heterocycles. The van der Waals surface area contributed by atoms with E-state index in [0.717, 1.165) is 5.56 Å². The highest BCUT2D eigenvalue weighted by Crippen LogP contribution is 2.10. The second kappa shape index (κ2) is 6.51. The first-order chi connectivity index (χ1) is 7.18. The van der Waals surface area contributed by atoms with Gasteiger partial charge < -0.3 is 4.74 Å². The van der Waals surface area contributed by atoms with Gasteiger partial charge in [-0.1, -0.05) is 30.3 Å². The van der Waals surface area contributed by atoms with E-state index in [1.54, 1.807) is 0 Å².